The molecule has 1 aromatic heterocycles. The van der Waals surface area contributed by atoms with Gasteiger partial charge in [-0.15, -0.1) is 0 Å². The van der Waals surface area contributed by atoms with Crippen molar-refractivity contribution >= 4 is 21.9 Å². The minimum Gasteiger partial charge on any atom is -0.394 e. The molecule has 1 atom stereocenters. The SMILES string of the molecule is CC(CO)(Nc1ncc(Br)cn1)c1ccccc1. The van der Waals surface area contributed by atoms with Crippen molar-refractivity contribution in [3.05, 3.63) is 52.8 Å². The highest BCUT2D eigenvalue weighted by Crippen LogP contribution is 2.24. The van der Waals surface area contributed by atoms with E-state index in [9.17, 15) is 5.11 Å². The zero-order valence-corrected chi connectivity index (χ0v) is 11.6. The van der Waals surface area contributed by atoms with Gasteiger partial charge in [0.15, 0.2) is 0 Å². The third kappa shape index (κ3) is 2.86. The molecule has 0 aliphatic carbocycles. The number of rotatable bonds is 4. The van der Waals surface area contributed by atoms with Crippen molar-refractivity contribution < 1.29 is 5.11 Å². The fourth-order valence-electron chi connectivity index (χ4n) is 1.63. The highest BCUT2D eigenvalue weighted by Gasteiger charge is 2.26. The van der Waals surface area contributed by atoms with Crippen LogP contribution in [0.4, 0.5) is 5.95 Å². The molecule has 1 heterocycles. The van der Waals surface area contributed by atoms with Gasteiger partial charge >= 0.3 is 0 Å². The van der Waals surface area contributed by atoms with E-state index in [0.29, 0.717) is 5.95 Å². The number of aliphatic hydroxyl groups excluding tert-OH is 1. The number of hydrogen-bond donors (Lipinski definition) is 2. The number of halogens is 1. The molecule has 2 aromatic rings. The van der Waals surface area contributed by atoms with E-state index >= 15 is 0 Å². The largest absolute Gasteiger partial charge is 0.394 e. The molecule has 0 bridgehead atoms. The topological polar surface area (TPSA) is 58.0 Å². The highest BCUT2D eigenvalue weighted by atomic mass is 79.9. The number of nitrogens with zero attached hydrogens (tertiary/aromatic N) is 2. The molecule has 18 heavy (non-hydrogen) atoms. The van der Waals surface area contributed by atoms with Crippen LogP contribution in [0.15, 0.2) is 47.2 Å². The zero-order valence-electron chi connectivity index (χ0n) is 9.97. The van der Waals surface area contributed by atoms with Crippen LogP contribution in [0.1, 0.15) is 12.5 Å². The fourth-order valence-corrected chi connectivity index (χ4v) is 1.84. The van der Waals surface area contributed by atoms with Crippen LogP contribution >= 0.6 is 15.9 Å². The fraction of sp³-hybridized carbons (Fsp3) is 0.231. The Morgan fingerprint density at radius 2 is 1.83 bits per heavy atom. The summed E-state index contributed by atoms with van der Waals surface area (Å²) in [6.07, 6.45) is 3.33. The lowest BCUT2D eigenvalue weighted by atomic mass is 9.93. The average Bonchev–Trinajstić information content (AvgIpc) is 2.42. The molecule has 1 unspecified atom stereocenters. The van der Waals surface area contributed by atoms with Crippen molar-refractivity contribution in [3.8, 4) is 0 Å². The number of nitrogens with one attached hydrogen (secondary N) is 1. The second-order valence-electron chi connectivity index (χ2n) is 4.21. The molecule has 0 radical (unpaired) electrons. The molecule has 94 valence electrons. The summed E-state index contributed by atoms with van der Waals surface area (Å²) in [7, 11) is 0. The Morgan fingerprint density at radius 1 is 1.22 bits per heavy atom. The van der Waals surface area contributed by atoms with E-state index in [1.165, 1.54) is 0 Å². The van der Waals surface area contributed by atoms with Gasteiger partial charge in [-0.2, -0.15) is 0 Å². The lowest BCUT2D eigenvalue weighted by Gasteiger charge is -2.29. The molecule has 0 spiro atoms. The summed E-state index contributed by atoms with van der Waals surface area (Å²) >= 11 is 3.28. The summed E-state index contributed by atoms with van der Waals surface area (Å²) in [5.74, 6) is 0.485. The second kappa shape index (κ2) is 5.46. The van der Waals surface area contributed by atoms with E-state index in [-0.39, 0.29) is 6.61 Å². The van der Waals surface area contributed by atoms with Gasteiger partial charge in [0.1, 0.15) is 0 Å². The first kappa shape index (κ1) is 13.0. The van der Waals surface area contributed by atoms with Gasteiger partial charge < -0.3 is 10.4 Å². The van der Waals surface area contributed by atoms with Crippen LogP contribution < -0.4 is 5.32 Å². The average molecular weight is 308 g/mol. The molecule has 4 nitrogen and oxygen atoms in total. The van der Waals surface area contributed by atoms with E-state index in [0.717, 1.165) is 10.0 Å². The van der Waals surface area contributed by atoms with Crippen molar-refractivity contribution in [1.29, 1.82) is 0 Å². The van der Waals surface area contributed by atoms with E-state index < -0.39 is 5.54 Å². The summed E-state index contributed by atoms with van der Waals surface area (Å²) in [6.45, 7) is 1.87. The van der Waals surface area contributed by atoms with Crippen LogP contribution in [-0.2, 0) is 5.54 Å². The second-order valence-corrected chi connectivity index (χ2v) is 5.12. The van der Waals surface area contributed by atoms with Gasteiger partial charge in [0.2, 0.25) is 5.95 Å². The Kier molecular flexibility index (Phi) is 3.93. The normalized spacial score (nSPS) is 13.9. The van der Waals surface area contributed by atoms with Crippen LogP contribution in [0.3, 0.4) is 0 Å². The summed E-state index contributed by atoms with van der Waals surface area (Å²) in [4.78, 5) is 8.31. The molecule has 0 aliphatic rings. The van der Waals surface area contributed by atoms with E-state index in [2.05, 4.69) is 31.2 Å². The minimum atomic E-state index is -0.602. The number of aliphatic hydroxyl groups is 1. The van der Waals surface area contributed by atoms with Crippen molar-refractivity contribution in [2.45, 2.75) is 12.5 Å². The maximum atomic E-state index is 9.63. The molecule has 2 N–H and O–H groups in total. The summed E-state index contributed by atoms with van der Waals surface area (Å²) in [5, 5.41) is 12.8. The third-order valence-electron chi connectivity index (χ3n) is 2.74. The minimum absolute atomic E-state index is 0.0452. The molecule has 0 saturated carbocycles. The quantitative estimate of drug-likeness (QED) is 0.911. The van der Waals surface area contributed by atoms with Gasteiger partial charge in [-0.25, -0.2) is 9.97 Å². The molecule has 2 rings (SSSR count). The van der Waals surface area contributed by atoms with Gasteiger partial charge in [-0.3, -0.25) is 0 Å². The van der Waals surface area contributed by atoms with Gasteiger partial charge in [0.05, 0.1) is 16.6 Å². The van der Waals surface area contributed by atoms with Gasteiger partial charge in [-0.05, 0) is 28.4 Å². The first-order valence-electron chi connectivity index (χ1n) is 5.56. The summed E-state index contributed by atoms with van der Waals surface area (Å²) in [6, 6.07) is 9.74. The summed E-state index contributed by atoms with van der Waals surface area (Å²) < 4.78 is 0.818. The monoisotopic (exact) mass is 307 g/mol. The van der Waals surface area contributed by atoms with Crippen LogP contribution in [0.2, 0.25) is 0 Å². The van der Waals surface area contributed by atoms with E-state index in [1.54, 1.807) is 12.4 Å². The van der Waals surface area contributed by atoms with Crippen LogP contribution in [0, 0.1) is 0 Å². The Morgan fingerprint density at radius 3 is 2.39 bits per heavy atom. The predicted molar refractivity (Wildman–Crippen MR) is 74.2 cm³/mol. The number of anilines is 1. The number of benzene rings is 1. The van der Waals surface area contributed by atoms with Crippen molar-refractivity contribution in [3.63, 3.8) is 0 Å². The van der Waals surface area contributed by atoms with E-state index in [4.69, 9.17) is 0 Å². The van der Waals surface area contributed by atoms with E-state index in [1.807, 2.05) is 37.3 Å². The lowest BCUT2D eigenvalue weighted by molar-refractivity contribution is 0.223. The van der Waals surface area contributed by atoms with Gasteiger partial charge in [-0.1, -0.05) is 30.3 Å². The van der Waals surface area contributed by atoms with Crippen molar-refractivity contribution in [2.75, 3.05) is 11.9 Å². The standard InChI is InChI=1S/C13H14BrN3O/c1-13(9-18,10-5-3-2-4-6-10)17-12-15-7-11(14)8-16-12/h2-8,18H,9H2,1H3,(H,15,16,17). The first-order valence-corrected chi connectivity index (χ1v) is 6.35. The maximum absolute atomic E-state index is 9.63. The molecular weight excluding hydrogens is 294 g/mol. The Bertz CT molecular complexity index is 503. The number of aromatic nitrogens is 2. The molecule has 0 saturated heterocycles. The highest BCUT2D eigenvalue weighted by molar-refractivity contribution is 9.10. The molecule has 0 aliphatic heterocycles. The molecule has 5 heteroatoms. The van der Waals surface area contributed by atoms with Crippen LogP contribution in [0.25, 0.3) is 0 Å². The zero-order chi connectivity index (χ0) is 13.0. The number of hydrogen-bond acceptors (Lipinski definition) is 4. The molecule has 1 aromatic carbocycles. The summed E-state index contributed by atoms with van der Waals surface area (Å²) in [5.41, 5.74) is 0.383. The smallest absolute Gasteiger partial charge is 0.223 e. The van der Waals surface area contributed by atoms with Gasteiger partial charge in [0, 0.05) is 12.4 Å². The Labute approximate surface area is 114 Å². The lowest BCUT2D eigenvalue weighted by Crippen LogP contribution is -2.36. The predicted octanol–water partition coefficient (Wildman–Crippen LogP) is 2.56. The van der Waals surface area contributed by atoms with Crippen molar-refractivity contribution in [1.82, 2.24) is 9.97 Å². The molecule has 0 amide bonds. The molecule has 0 fully saturated rings. The molecular formula is C13H14BrN3O. The maximum Gasteiger partial charge on any atom is 0.223 e. The van der Waals surface area contributed by atoms with Gasteiger partial charge in [0.25, 0.3) is 0 Å². The van der Waals surface area contributed by atoms with Crippen LogP contribution in [-0.4, -0.2) is 21.7 Å². The Balaban J connectivity index is 2.26. The van der Waals surface area contributed by atoms with Crippen LogP contribution in [0.5, 0.6) is 0 Å². The Hall–Kier alpha value is -1.46. The third-order valence-corrected chi connectivity index (χ3v) is 3.14. The van der Waals surface area contributed by atoms with Crippen molar-refractivity contribution in [2.24, 2.45) is 0 Å². The first-order chi connectivity index (χ1) is 8.64.